The van der Waals surface area contributed by atoms with Crippen molar-refractivity contribution in [3.8, 4) is 0 Å². The molecule has 20 heavy (non-hydrogen) atoms. The number of rotatable bonds is 9. The van der Waals surface area contributed by atoms with Crippen LogP contribution < -0.4 is 0 Å². The summed E-state index contributed by atoms with van der Waals surface area (Å²) in [7, 11) is -3.54. The number of ether oxygens (including phenoxy) is 1. The molecule has 4 nitrogen and oxygen atoms in total. The molecule has 0 fully saturated rings. The van der Waals surface area contributed by atoms with E-state index in [9.17, 15) is 8.42 Å². The molecular weight excluding hydrogens is 274 g/mol. The third-order valence-corrected chi connectivity index (χ3v) is 4.50. The van der Waals surface area contributed by atoms with E-state index in [4.69, 9.17) is 4.74 Å². The quantitative estimate of drug-likeness (QED) is 0.658. The summed E-state index contributed by atoms with van der Waals surface area (Å²) in [6.07, 6.45) is 3.12. The molecule has 0 bridgehead atoms. The van der Waals surface area contributed by atoms with E-state index in [-0.39, 0.29) is 18.0 Å². The van der Waals surface area contributed by atoms with Crippen LogP contribution in [0.15, 0.2) is 54.5 Å². The predicted octanol–water partition coefficient (Wildman–Crippen LogP) is 2.59. The predicted molar refractivity (Wildman–Crippen MR) is 80.9 cm³/mol. The first-order valence-corrected chi connectivity index (χ1v) is 7.88. The normalized spacial score (nSPS) is 11.5. The Morgan fingerprint density at radius 2 is 1.90 bits per heavy atom. The van der Waals surface area contributed by atoms with E-state index < -0.39 is 10.0 Å². The Balaban J connectivity index is 3.06. The first-order valence-electron chi connectivity index (χ1n) is 6.44. The topological polar surface area (TPSA) is 46.6 Å². The van der Waals surface area contributed by atoms with Gasteiger partial charge in [-0.2, -0.15) is 4.31 Å². The highest BCUT2D eigenvalue weighted by molar-refractivity contribution is 7.89. The van der Waals surface area contributed by atoms with Gasteiger partial charge >= 0.3 is 0 Å². The minimum atomic E-state index is -3.54. The summed E-state index contributed by atoms with van der Waals surface area (Å²) in [6.45, 7) is 10.6. The van der Waals surface area contributed by atoms with Gasteiger partial charge in [-0.1, -0.05) is 24.3 Å². The molecule has 0 radical (unpaired) electrons. The monoisotopic (exact) mass is 295 g/mol. The molecule has 0 amide bonds. The molecule has 0 heterocycles. The van der Waals surface area contributed by atoms with Crippen LogP contribution in [0.5, 0.6) is 0 Å². The Hall–Kier alpha value is -1.43. The average Bonchev–Trinajstić information content (AvgIpc) is 2.45. The van der Waals surface area contributed by atoms with Crippen molar-refractivity contribution < 1.29 is 13.2 Å². The summed E-state index contributed by atoms with van der Waals surface area (Å²) in [5.41, 5.74) is 0.838. The van der Waals surface area contributed by atoms with Crippen molar-refractivity contribution in [1.29, 1.82) is 0 Å². The first-order chi connectivity index (χ1) is 9.56. The molecule has 0 aliphatic rings. The molecule has 0 N–H and O–H groups in total. The van der Waals surface area contributed by atoms with Gasteiger partial charge in [0.1, 0.15) is 0 Å². The first kappa shape index (κ1) is 16.6. The van der Waals surface area contributed by atoms with E-state index in [1.807, 2.05) is 13.0 Å². The molecular formula is C15H21NO3S. The Kier molecular flexibility index (Phi) is 6.64. The molecule has 0 aromatic heterocycles. The molecule has 110 valence electrons. The lowest BCUT2D eigenvalue weighted by Gasteiger charge is -2.19. The minimum absolute atomic E-state index is 0.254. The minimum Gasteiger partial charge on any atom is -0.377 e. The van der Waals surface area contributed by atoms with Crippen LogP contribution in [0.3, 0.4) is 0 Å². The molecule has 0 atom stereocenters. The van der Waals surface area contributed by atoms with Crippen molar-refractivity contribution in [2.24, 2.45) is 0 Å². The van der Waals surface area contributed by atoms with Gasteiger partial charge in [-0.25, -0.2) is 8.42 Å². The van der Waals surface area contributed by atoms with Crippen molar-refractivity contribution in [3.05, 3.63) is 55.1 Å². The van der Waals surface area contributed by atoms with Gasteiger partial charge in [0.25, 0.3) is 0 Å². The Morgan fingerprint density at radius 1 is 1.25 bits per heavy atom. The third-order valence-electron chi connectivity index (χ3n) is 2.67. The number of sulfonamides is 1. The van der Waals surface area contributed by atoms with E-state index in [1.165, 1.54) is 4.31 Å². The zero-order valence-electron chi connectivity index (χ0n) is 11.8. The van der Waals surface area contributed by atoms with Crippen molar-refractivity contribution in [1.82, 2.24) is 4.31 Å². The fourth-order valence-corrected chi connectivity index (χ4v) is 3.18. The molecule has 5 heteroatoms. The van der Waals surface area contributed by atoms with Gasteiger partial charge in [0.15, 0.2) is 0 Å². The number of hydrogen-bond donors (Lipinski definition) is 0. The number of benzene rings is 1. The van der Waals surface area contributed by atoms with Crippen LogP contribution >= 0.6 is 0 Å². The zero-order chi connectivity index (χ0) is 15.0. The second-order valence-corrected chi connectivity index (χ2v) is 6.12. The summed E-state index contributed by atoms with van der Waals surface area (Å²) in [5.74, 6) is 0. The largest absolute Gasteiger partial charge is 0.377 e. The Labute approximate surface area is 121 Å². The average molecular weight is 295 g/mol. The van der Waals surface area contributed by atoms with Crippen LogP contribution in [0.25, 0.3) is 0 Å². The van der Waals surface area contributed by atoms with Gasteiger partial charge in [-0.05, 0) is 24.6 Å². The van der Waals surface area contributed by atoms with Crippen LogP contribution in [0.4, 0.5) is 0 Å². The molecule has 0 aliphatic heterocycles. The van der Waals surface area contributed by atoms with Gasteiger partial charge in [0, 0.05) is 19.7 Å². The fraction of sp³-hybridized carbons (Fsp3) is 0.333. The molecule has 1 rings (SSSR count). The van der Waals surface area contributed by atoms with Crippen LogP contribution in [0.1, 0.15) is 12.5 Å². The van der Waals surface area contributed by atoms with Crippen LogP contribution in [-0.4, -0.2) is 32.4 Å². The summed E-state index contributed by atoms with van der Waals surface area (Å²) >= 11 is 0. The van der Waals surface area contributed by atoms with Crippen molar-refractivity contribution in [2.45, 2.75) is 18.4 Å². The SMILES string of the molecule is C=CCN(CC=C)S(=O)(=O)c1cccc(COCC)c1. The third kappa shape index (κ3) is 4.30. The van der Waals surface area contributed by atoms with Gasteiger partial charge in [-0.15, -0.1) is 13.2 Å². The smallest absolute Gasteiger partial charge is 0.243 e. The fourth-order valence-electron chi connectivity index (χ4n) is 1.72. The maximum Gasteiger partial charge on any atom is 0.243 e. The van der Waals surface area contributed by atoms with Crippen LogP contribution in [0, 0.1) is 0 Å². The highest BCUT2D eigenvalue weighted by atomic mass is 32.2. The van der Waals surface area contributed by atoms with Crippen molar-refractivity contribution >= 4 is 10.0 Å². The molecule has 0 saturated carbocycles. The van der Waals surface area contributed by atoms with E-state index in [2.05, 4.69) is 13.2 Å². The molecule has 1 aromatic rings. The van der Waals surface area contributed by atoms with E-state index in [0.29, 0.717) is 13.2 Å². The van der Waals surface area contributed by atoms with Gasteiger partial charge in [0.05, 0.1) is 11.5 Å². The summed E-state index contributed by atoms with van der Waals surface area (Å²) in [5, 5.41) is 0. The van der Waals surface area contributed by atoms with Crippen molar-refractivity contribution in [3.63, 3.8) is 0 Å². The summed E-state index contributed by atoms with van der Waals surface area (Å²) in [6, 6.07) is 6.80. The lowest BCUT2D eigenvalue weighted by molar-refractivity contribution is 0.134. The lowest BCUT2D eigenvalue weighted by atomic mass is 10.2. The second kappa shape index (κ2) is 7.99. The number of nitrogens with zero attached hydrogens (tertiary/aromatic N) is 1. The maximum absolute atomic E-state index is 12.5. The molecule has 0 aliphatic carbocycles. The molecule has 0 unspecified atom stereocenters. The summed E-state index contributed by atoms with van der Waals surface area (Å²) < 4.78 is 31.7. The van der Waals surface area contributed by atoms with Gasteiger partial charge in [-0.3, -0.25) is 0 Å². The second-order valence-electron chi connectivity index (χ2n) is 4.18. The molecule has 1 aromatic carbocycles. The van der Waals surface area contributed by atoms with E-state index in [1.54, 1.807) is 30.4 Å². The van der Waals surface area contributed by atoms with Gasteiger partial charge in [0.2, 0.25) is 10.0 Å². The number of hydrogen-bond acceptors (Lipinski definition) is 3. The standard InChI is InChI=1S/C15H21NO3S/c1-4-10-16(11-5-2)20(17,18)15-9-7-8-14(12-15)13-19-6-3/h4-5,7-9,12H,1-2,6,10-11,13H2,3H3. The molecule has 0 spiro atoms. The van der Waals surface area contributed by atoms with Crippen LogP contribution in [0.2, 0.25) is 0 Å². The van der Waals surface area contributed by atoms with E-state index in [0.717, 1.165) is 5.56 Å². The Bertz CT molecular complexity index is 542. The highest BCUT2D eigenvalue weighted by Gasteiger charge is 2.22. The lowest BCUT2D eigenvalue weighted by Crippen LogP contribution is -2.31. The zero-order valence-corrected chi connectivity index (χ0v) is 12.6. The highest BCUT2D eigenvalue weighted by Crippen LogP contribution is 2.17. The maximum atomic E-state index is 12.5. The van der Waals surface area contributed by atoms with Crippen molar-refractivity contribution in [2.75, 3.05) is 19.7 Å². The Morgan fingerprint density at radius 3 is 2.45 bits per heavy atom. The molecule has 0 saturated heterocycles. The van der Waals surface area contributed by atoms with Gasteiger partial charge < -0.3 is 4.74 Å². The van der Waals surface area contributed by atoms with E-state index >= 15 is 0 Å². The summed E-state index contributed by atoms with van der Waals surface area (Å²) in [4.78, 5) is 0.262. The van der Waals surface area contributed by atoms with Crippen LogP contribution in [-0.2, 0) is 21.4 Å².